The Hall–Kier alpha value is -1.47. The molecule has 0 aromatic carbocycles. The summed E-state index contributed by atoms with van der Waals surface area (Å²) in [6, 6.07) is 3.54. The monoisotopic (exact) mass is 339 g/mol. The van der Waals surface area contributed by atoms with Crippen LogP contribution in [-0.2, 0) is 4.79 Å². The van der Waals surface area contributed by atoms with E-state index in [1.807, 2.05) is 0 Å². The lowest BCUT2D eigenvalue weighted by Gasteiger charge is -1.93. The van der Waals surface area contributed by atoms with Crippen LogP contribution in [0.4, 0.5) is 5.13 Å². The van der Waals surface area contributed by atoms with Crippen molar-refractivity contribution in [2.45, 2.75) is 18.8 Å². The van der Waals surface area contributed by atoms with Crippen molar-refractivity contribution in [2.24, 2.45) is 0 Å². The van der Waals surface area contributed by atoms with Gasteiger partial charge in [0.05, 0.1) is 0 Å². The third-order valence-electron chi connectivity index (χ3n) is 2.59. The summed E-state index contributed by atoms with van der Waals surface area (Å²) in [5.41, 5.74) is 0. The van der Waals surface area contributed by atoms with Gasteiger partial charge in [-0.3, -0.25) is 10.1 Å². The molecule has 1 fully saturated rings. The highest BCUT2D eigenvalue weighted by Gasteiger charge is 2.27. The number of rotatable bonds is 4. The van der Waals surface area contributed by atoms with Crippen LogP contribution in [0.15, 0.2) is 27.3 Å². The van der Waals surface area contributed by atoms with Gasteiger partial charge < -0.3 is 4.42 Å². The second kappa shape index (κ2) is 5.26. The predicted octanol–water partition coefficient (Wildman–Crippen LogP) is 3.42. The van der Waals surface area contributed by atoms with Gasteiger partial charge in [0.2, 0.25) is 11.0 Å². The molecule has 0 bridgehead atoms. The van der Waals surface area contributed by atoms with Gasteiger partial charge in [0.15, 0.2) is 4.67 Å². The molecule has 3 rings (SSSR count). The molecule has 1 aliphatic carbocycles. The minimum Gasteiger partial charge on any atom is -0.450 e. The highest BCUT2D eigenvalue weighted by Crippen LogP contribution is 2.41. The Morgan fingerprint density at radius 2 is 2.32 bits per heavy atom. The van der Waals surface area contributed by atoms with Crippen molar-refractivity contribution >= 4 is 44.4 Å². The van der Waals surface area contributed by atoms with Gasteiger partial charge in [0, 0.05) is 12.0 Å². The second-order valence-electron chi connectivity index (χ2n) is 4.18. The zero-order chi connectivity index (χ0) is 13.2. The molecule has 2 heterocycles. The fourth-order valence-corrected chi connectivity index (χ4v) is 2.74. The molecular formula is C12H10BrN3O2S. The van der Waals surface area contributed by atoms with E-state index in [9.17, 15) is 4.79 Å². The number of carbonyl (C=O) groups is 1. The van der Waals surface area contributed by atoms with E-state index in [1.165, 1.54) is 30.3 Å². The van der Waals surface area contributed by atoms with Crippen molar-refractivity contribution in [3.8, 4) is 0 Å². The highest BCUT2D eigenvalue weighted by molar-refractivity contribution is 9.10. The minimum absolute atomic E-state index is 0.244. The zero-order valence-electron chi connectivity index (χ0n) is 9.80. The maximum Gasteiger partial charge on any atom is 0.250 e. The molecule has 1 aliphatic rings. The minimum atomic E-state index is -0.244. The number of nitrogens with zero attached hydrogens (tertiary/aromatic N) is 2. The van der Waals surface area contributed by atoms with E-state index in [0.717, 1.165) is 5.01 Å². The molecule has 1 amide bonds. The van der Waals surface area contributed by atoms with Crippen LogP contribution in [0, 0.1) is 0 Å². The van der Waals surface area contributed by atoms with Gasteiger partial charge >= 0.3 is 0 Å². The maximum absolute atomic E-state index is 11.7. The molecule has 5 nitrogen and oxygen atoms in total. The SMILES string of the molecule is O=C(/C=C/c1ccc(Br)o1)Nc1nnc(C2CC2)s1. The Bertz CT molecular complexity index is 630. The van der Waals surface area contributed by atoms with Gasteiger partial charge in [-0.05, 0) is 47.0 Å². The van der Waals surface area contributed by atoms with Crippen LogP contribution in [0.1, 0.15) is 29.5 Å². The number of amides is 1. The summed E-state index contributed by atoms with van der Waals surface area (Å²) in [6.45, 7) is 0. The van der Waals surface area contributed by atoms with Crippen LogP contribution in [0.5, 0.6) is 0 Å². The quantitative estimate of drug-likeness (QED) is 0.866. The Morgan fingerprint density at radius 3 is 3.00 bits per heavy atom. The second-order valence-corrected chi connectivity index (χ2v) is 5.97. The van der Waals surface area contributed by atoms with E-state index < -0.39 is 0 Å². The molecular weight excluding hydrogens is 330 g/mol. The molecule has 98 valence electrons. The number of nitrogens with one attached hydrogen (secondary N) is 1. The van der Waals surface area contributed by atoms with Gasteiger partial charge in [-0.25, -0.2) is 0 Å². The van der Waals surface area contributed by atoms with Crippen LogP contribution < -0.4 is 5.32 Å². The molecule has 0 unspecified atom stereocenters. The van der Waals surface area contributed by atoms with Crippen molar-refractivity contribution in [3.63, 3.8) is 0 Å². The molecule has 0 radical (unpaired) electrons. The summed E-state index contributed by atoms with van der Waals surface area (Å²) in [5, 5.41) is 12.2. The van der Waals surface area contributed by atoms with E-state index in [4.69, 9.17) is 4.42 Å². The van der Waals surface area contributed by atoms with Crippen molar-refractivity contribution in [1.82, 2.24) is 10.2 Å². The first-order valence-electron chi connectivity index (χ1n) is 5.78. The van der Waals surface area contributed by atoms with Gasteiger partial charge in [0.25, 0.3) is 0 Å². The molecule has 0 aliphatic heterocycles. The van der Waals surface area contributed by atoms with Gasteiger partial charge in [-0.1, -0.05) is 11.3 Å². The summed E-state index contributed by atoms with van der Waals surface area (Å²) in [7, 11) is 0. The third-order valence-corrected chi connectivity index (χ3v) is 4.02. The van der Waals surface area contributed by atoms with Gasteiger partial charge in [-0.2, -0.15) is 0 Å². The van der Waals surface area contributed by atoms with Crippen molar-refractivity contribution in [2.75, 3.05) is 5.32 Å². The van der Waals surface area contributed by atoms with E-state index in [-0.39, 0.29) is 5.91 Å². The lowest BCUT2D eigenvalue weighted by molar-refractivity contribution is -0.111. The lowest BCUT2D eigenvalue weighted by atomic mass is 10.4. The third kappa shape index (κ3) is 3.30. The Labute approximate surface area is 121 Å². The van der Waals surface area contributed by atoms with Crippen LogP contribution in [-0.4, -0.2) is 16.1 Å². The summed E-state index contributed by atoms with van der Waals surface area (Å²) in [6.07, 6.45) is 5.36. The summed E-state index contributed by atoms with van der Waals surface area (Å²) < 4.78 is 5.88. The first-order chi connectivity index (χ1) is 9.20. The van der Waals surface area contributed by atoms with Crippen LogP contribution >= 0.6 is 27.3 Å². The molecule has 0 saturated heterocycles. The lowest BCUT2D eigenvalue weighted by Crippen LogP contribution is -2.07. The standard InChI is InChI=1S/C12H10BrN3O2S/c13-9-5-3-8(18-9)4-6-10(17)14-12-16-15-11(19-12)7-1-2-7/h3-7H,1-2H2,(H,14,16,17)/b6-4+. The predicted molar refractivity (Wildman–Crippen MR) is 76.0 cm³/mol. The normalized spacial score (nSPS) is 15.0. The van der Waals surface area contributed by atoms with Crippen molar-refractivity contribution < 1.29 is 9.21 Å². The average molecular weight is 340 g/mol. The molecule has 0 atom stereocenters. The highest BCUT2D eigenvalue weighted by atomic mass is 79.9. The number of hydrogen-bond acceptors (Lipinski definition) is 5. The van der Waals surface area contributed by atoms with Crippen molar-refractivity contribution in [3.05, 3.63) is 33.6 Å². The first-order valence-corrected chi connectivity index (χ1v) is 7.39. The van der Waals surface area contributed by atoms with E-state index >= 15 is 0 Å². The topological polar surface area (TPSA) is 68.0 Å². The van der Waals surface area contributed by atoms with Crippen molar-refractivity contribution in [1.29, 1.82) is 0 Å². The first kappa shape index (κ1) is 12.6. The fourth-order valence-electron chi connectivity index (χ4n) is 1.50. The maximum atomic E-state index is 11.7. The number of halogens is 1. The Morgan fingerprint density at radius 1 is 1.47 bits per heavy atom. The van der Waals surface area contributed by atoms with E-state index in [0.29, 0.717) is 21.5 Å². The molecule has 7 heteroatoms. The van der Waals surface area contributed by atoms with Gasteiger partial charge in [-0.15, -0.1) is 10.2 Å². The Kier molecular flexibility index (Phi) is 3.48. The largest absolute Gasteiger partial charge is 0.450 e. The molecule has 1 N–H and O–H groups in total. The average Bonchev–Trinajstić information content (AvgIpc) is 3.00. The summed E-state index contributed by atoms with van der Waals surface area (Å²) >= 11 is 4.64. The molecule has 19 heavy (non-hydrogen) atoms. The molecule has 0 spiro atoms. The van der Waals surface area contributed by atoms with E-state index in [1.54, 1.807) is 18.2 Å². The molecule has 2 aromatic heterocycles. The fraction of sp³-hybridized carbons (Fsp3) is 0.250. The van der Waals surface area contributed by atoms with Crippen LogP contribution in [0.25, 0.3) is 6.08 Å². The van der Waals surface area contributed by atoms with Crippen LogP contribution in [0.2, 0.25) is 0 Å². The molecule has 2 aromatic rings. The zero-order valence-corrected chi connectivity index (χ0v) is 12.2. The van der Waals surface area contributed by atoms with Gasteiger partial charge in [0.1, 0.15) is 10.8 Å². The number of anilines is 1. The Balaban J connectivity index is 1.59. The number of furan rings is 1. The number of hydrogen-bond donors (Lipinski definition) is 1. The smallest absolute Gasteiger partial charge is 0.250 e. The van der Waals surface area contributed by atoms with E-state index in [2.05, 4.69) is 31.4 Å². The number of aromatic nitrogens is 2. The molecule has 1 saturated carbocycles. The number of carbonyl (C=O) groups excluding carboxylic acids is 1. The van der Waals surface area contributed by atoms with Crippen LogP contribution in [0.3, 0.4) is 0 Å². The summed E-state index contributed by atoms with van der Waals surface area (Å²) in [5.74, 6) is 0.920. The summed E-state index contributed by atoms with van der Waals surface area (Å²) in [4.78, 5) is 11.7.